The van der Waals surface area contributed by atoms with Crippen molar-refractivity contribution in [2.75, 3.05) is 45.5 Å². The van der Waals surface area contributed by atoms with Crippen molar-refractivity contribution in [1.29, 1.82) is 0 Å². The van der Waals surface area contributed by atoms with Gasteiger partial charge >= 0.3 is 17.3 Å². The van der Waals surface area contributed by atoms with Crippen molar-refractivity contribution in [2.45, 2.75) is 20.0 Å². The number of nitrogen functional groups attached to an aromatic ring is 1. The van der Waals surface area contributed by atoms with E-state index in [9.17, 15) is 4.79 Å². The number of nitrogens with two attached hydrogens (primary N) is 1. The number of nitrogens with zero attached hydrogens (tertiary/aromatic N) is 8. The molecule has 4 heterocycles. The third-order valence-corrected chi connectivity index (χ3v) is 5.98. The fourth-order valence-corrected chi connectivity index (χ4v) is 4.16. The summed E-state index contributed by atoms with van der Waals surface area (Å²) in [7, 11) is 2.15. The Morgan fingerprint density at radius 3 is 2.50 bits per heavy atom. The first-order valence-corrected chi connectivity index (χ1v) is 11.6. The van der Waals surface area contributed by atoms with Crippen LogP contribution < -0.4 is 11.4 Å². The van der Waals surface area contributed by atoms with Gasteiger partial charge in [-0.1, -0.05) is 29.8 Å². The summed E-state index contributed by atoms with van der Waals surface area (Å²) in [4.78, 5) is 22.2. The van der Waals surface area contributed by atoms with Crippen LogP contribution in [0.5, 0.6) is 0 Å². The van der Waals surface area contributed by atoms with Gasteiger partial charge in [-0.25, -0.2) is 18.6 Å². The average molecular weight is 486 g/mol. The van der Waals surface area contributed by atoms with Gasteiger partial charge in [0.1, 0.15) is 0 Å². The summed E-state index contributed by atoms with van der Waals surface area (Å²) < 4.78 is 21.2. The van der Waals surface area contributed by atoms with E-state index in [0.717, 1.165) is 49.2 Å². The maximum absolute atomic E-state index is 13.0. The molecule has 1 saturated heterocycles. The van der Waals surface area contributed by atoms with Gasteiger partial charge in [0.2, 0.25) is 5.95 Å². The molecule has 0 spiro atoms. The van der Waals surface area contributed by atoms with Gasteiger partial charge in [-0.2, -0.15) is 18.5 Å². The molecule has 3 aromatic heterocycles. The summed E-state index contributed by atoms with van der Waals surface area (Å²) in [5.41, 5.74) is 9.18. The van der Waals surface area contributed by atoms with Crippen LogP contribution in [0.2, 0.25) is 0 Å². The molecule has 12 nitrogen and oxygen atoms in total. The number of fused-ring (bicyclic) bond motifs is 3. The minimum absolute atomic E-state index is 0.129. The fraction of sp³-hybridized carbons (Fsp3) is 0.429. The predicted molar refractivity (Wildman–Crippen MR) is 128 cm³/mol. The van der Waals surface area contributed by atoms with Gasteiger partial charge in [0, 0.05) is 32.7 Å². The first-order valence-electron chi connectivity index (χ1n) is 10.9. The minimum atomic E-state index is -0.750. The molecule has 0 bridgehead atoms. The highest BCUT2D eigenvalue weighted by atomic mass is 32.1. The molecule has 1 fully saturated rings. The van der Waals surface area contributed by atoms with Gasteiger partial charge in [-0.3, -0.25) is 4.90 Å². The molecule has 1 aliphatic rings. The number of piperazine rings is 1. The molecule has 0 saturated carbocycles. The molecule has 13 heteroatoms. The second-order valence-electron chi connectivity index (χ2n) is 8.38. The van der Waals surface area contributed by atoms with Crippen LogP contribution in [0.25, 0.3) is 16.7 Å². The Balaban J connectivity index is 0.000000868. The monoisotopic (exact) mass is 485 g/mol. The van der Waals surface area contributed by atoms with E-state index < -0.39 is 11.6 Å². The molecule has 0 atom stereocenters. The molecule has 1 aromatic carbocycles. The number of aryl methyl sites for hydroxylation is 1. The van der Waals surface area contributed by atoms with Crippen molar-refractivity contribution in [2.24, 2.45) is 0 Å². The molecule has 0 amide bonds. The highest BCUT2D eigenvalue weighted by Gasteiger charge is 2.19. The van der Waals surface area contributed by atoms with Crippen molar-refractivity contribution >= 4 is 34.2 Å². The van der Waals surface area contributed by atoms with E-state index in [1.807, 2.05) is 35.9 Å². The summed E-state index contributed by atoms with van der Waals surface area (Å²) in [6.45, 7) is 8.26. The Hall–Kier alpha value is -3.42. The molecule has 1 aliphatic heterocycles. The number of hydrogen-bond donors (Lipinski definition) is 1. The Bertz CT molecular complexity index is 1400. The normalized spacial score (nSPS) is 14.9. The van der Waals surface area contributed by atoms with Gasteiger partial charge in [-0.15, -0.1) is 5.10 Å². The maximum atomic E-state index is 13.0. The molecular formula is C21H27N9O3S. The van der Waals surface area contributed by atoms with Gasteiger partial charge < -0.3 is 10.6 Å². The van der Waals surface area contributed by atoms with Crippen LogP contribution in [0.3, 0.4) is 0 Å². The van der Waals surface area contributed by atoms with Crippen LogP contribution in [0.15, 0.2) is 35.3 Å². The number of aromatic nitrogens is 6. The second-order valence-corrected chi connectivity index (χ2v) is 8.51. The van der Waals surface area contributed by atoms with Crippen molar-refractivity contribution in [3.63, 3.8) is 0 Å². The highest BCUT2D eigenvalue weighted by Crippen LogP contribution is 2.18. The van der Waals surface area contributed by atoms with E-state index in [1.54, 1.807) is 6.20 Å². The van der Waals surface area contributed by atoms with E-state index in [2.05, 4.69) is 32.0 Å². The standard InChI is InChI=1S/C21H27N9O.O2S/c1-15-4-3-5-16(12-15)14-29-21(31)30-19(25-29)17-13-23-28(18(17)24-20(30)22)11-10-27-8-6-26(2)7-9-27;1-3-2/h3-5,12-13H,6-11,14H2,1-2H3,(H2,22,24);. The first kappa shape index (κ1) is 23.7. The van der Waals surface area contributed by atoms with Crippen molar-refractivity contribution in [3.8, 4) is 0 Å². The Labute approximate surface area is 199 Å². The number of rotatable bonds is 5. The Morgan fingerprint density at radius 1 is 1.06 bits per heavy atom. The van der Waals surface area contributed by atoms with Crippen LogP contribution in [0, 0.1) is 6.92 Å². The van der Waals surface area contributed by atoms with Gasteiger partial charge in [-0.05, 0) is 19.5 Å². The van der Waals surface area contributed by atoms with E-state index in [-0.39, 0.29) is 11.6 Å². The number of anilines is 1. The maximum Gasteiger partial charge on any atom is 0.353 e. The second kappa shape index (κ2) is 10.2. The number of likely N-dealkylation sites (N-methyl/N-ethyl adjacent to an activating group) is 1. The summed E-state index contributed by atoms with van der Waals surface area (Å²) >= 11 is -0.750. The highest BCUT2D eigenvalue weighted by molar-refractivity contribution is 7.51. The van der Waals surface area contributed by atoms with Crippen molar-refractivity contribution in [3.05, 3.63) is 52.1 Å². The van der Waals surface area contributed by atoms with Crippen LogP contribution in [0.1, 0.15) is 11.1 Å². The van der Waals surface area contributed by atoms with Crippen LogP contribution in [-0.4, -0.2) is 86.9 Å². The molecule has 5 rings (SSSR count). The zero-order valence-corrected chi connectivity index (χ0v) is 19.9. The SMILES string of the molecule is Cc1cccc(Cn2nc3c4cnn(CCN5CCN(C)CC5)c4nc(N)n3c2=O)c1.O=S=O. The van der Waals surface area contributed by atoms with E-state index in [4.69, 9.17) is 14.2 Å². The first-order chi connectivity index (χ1) is 16.4. The lowest BCUT2D eigenvalue weighted by Crippen LogP contribution is -2.45. The molecule has 0 radical (unpaired) electrons. The quantitative estimate of drug-likeness (QED) is 0.406. The van der Waals surface area contributed by atoms with Gasteiger partial charge in [0.15, 0.2) is 11.3 Å². The molecule has 2 N–H and O–H groups in total. The molecule has 0 unspecified atom stereocenters. The molecule has 4 aromatic rings. The zero-order valence-electron chi connectivity index (χ0n) is 19.1. The number of benzene rings is 1. The summed E-state index contributed by atoms with van der Waals surface area (Å²) in [5.74, 6) is 0.129. The smallest absolute Gasteiger partial charge is 0.353 e. The summed E-state index contributed by atoms with van der Waals surface area (Å²) in [6.07, 6.45) is 1.73. The lowest BCUT2D eigenvalue weighted by molar-refractivity contribution is 0.149. The average Bonchev–Trinajstić information content (AvgIpc) is 3.35. The molecule has 0 aliphatic carbocycles. The molecular weight excluding hydrogens is 458 g/mol. The topological polar surface area (TPSA) is 137 Å². The van der Waals surface area contributed by atoms with Crippen LogP contribution in [0.4, 0.5) is 5.95 Å². The van der Waals surface area contributed by atoms with Crippen LogP contribution in [-0.2, 0) is 24.7 Å². The zero-order chi connectivity index (χ0) is 24.2. The lowest BCUT2D eigenvalue weighted by atomic mass is 10.1. The third-order valence-electron chi connectivity index (χ3n) is 5.98. The Morgan fingerprint density at radius 2 is 1.79 bits per heavy atom. The minimum Gasteiger partial charge on any atom is -0.369 e. The van der Waals surface area contributed by atoms with E-state index >= 15 is 0 Å². The largest absolute Gasteiger partial charge is 0.369 e. The predicted octanol–water partition coefficient (Wildman–Crippen LogP) is -0.243. The Kier molecular flexibility index (Phi) is 7.14. The van der Waals surface area contributed by atoms with Crippen molar-refractivity contribution in [1.82, 2.24) is 38.7 Å². The summed E-state index contributed by atoms with van der Waals surface area (Å²) in [5, 5.41) is 9.82. The van der Waals surface area contributed by atoms with Crippen LogP contribution >= 0.6 is 0 Å². The molecule has 34 heavy (non-hydrogen) atoms. The van der Waals surface area contributed by atoms with Gasteiger partial charge in [0.05, 0.1) is 24.7 Å². The van der Waals surface area contributed by atoms with E-state index in [0.29, 0.717) is 24.4 Å². The fourth-order valence-electron chi connectivity index (χ4n) is 4.16. The molecule has 180 valence electrons. The van der Waals surface area contributed by atoms with Crippen molar-refractivity contribution < 1.29 is 8.42 Å². The number of hydrogen-bond acceptors (Lipinski definition) is 9. The summed E-state index contributed by atoms with van der Waals surface area (Å²) in [6, 6.07) is 8.03. The third kappa shape index (κ3) is 4.90. The van der Waals surface area contributed by atoms with Gasteiger partial charge in [0.25, 0.3) is 0 Å². The van der Waals surface area contributed by atoms with E-state index in [1.165, 1.54) is 9.08 Å². The lowest BCUT2D eigenvalue weighted by Gasteiger charge is -2.32.